The quantitative estimate of drug-likeness (QED) is 0.316. The summed E-state index contributed by atoms with van der Waals surface area (Å²) in [5.74, 6) is -12.3. The maximum absolute atomic E-state index is 14.5. The second-order valence-electron chi connectivity index (χ2n) is 8.31. The Morgan fingerprint density at radius 1 is 0.800 bits per heavy atom. The highest BCUT2D eigenvalue weighted by Gasteiger charge is 2.93. The largest absolute Gasteiger partial charge is 0.388 e. The lowest BCUT2D eigenvalue weighted by Crippen LogP contribution is -2.47. The van der Waals surface area contributed by atoms with Gasteiger partial charge in [0.05, 0.1) is 11.2 Å². The topological polar surface area (TPSA) is 40.5 Å². The van der Waals surface area contributed by atoms with Crippen LogP contribution in [0.5, 0.6) is 0 Å². The molecule has 0 radical (unpaired) electrons. The Morgan fingerprint density at radius 3 is 1.88 bits per heavy atom. The molecule has 0 aromatic heterocycles. The predicted octanol–water partition coefficient (Wildman–Crippen LogP) is 2.84. The van der Waals surface area contributed by atoms with Crippen LogP contribution in [-0.4, -0.2) is 20.6 Å². The lowest BCUT2D eigenvalue weighted by atomic mass is 9.69. The van der Waals surface area contributed by atoms with Crippen molar-refractivity contribution >= 4 is 15.9 Å². The van der Waals surface area contributed by atoms with E-state index in [1.54, 1.807) is 0 Å². The molecule has 0 heterocycles. The van der Waals surface area contributed by atoms with Gasteiger partial charge in [-0.25, -0.2) is 22.0 Å². The fourth-order valence-electron chi connectivity index (χ4n) is 7.93. The van der Waals surface area contributed by atoms with E-state index in [2.05, 4.69) is 15.9 Å². The Hall–Kier alpha value is -0.730. The van der Waals surface area contributed by atoms with E-state index < -0.39 is 57.7 Å². The van der Waals surface area contributed by atoms with E-state index in [1.807, 2.05) is 0 Å². The molecule has 10 atom stereocenters. The third-order valence-corrected chi connectivity index (χ3v) is 9.42. The van der Waals surface area contributed by atoms with Crippen LogP contribution in [0.3, 0.4) is 0 Å². The third kappa shape index (κ3) is 1.16. The van der Waals surface area contributed by atoms with Gasteiger partial charge in [-0.05, 0) is 36.0 Å². The van der Waals surface area contributed by atoms with Crippen molar-refractivity contribution < 1.29 is 32.2 Å². The lowest BCUT2D eigenvalue weighted by Gasteiger charge is -2.38. The summed E-state index contributed by atoms with van der Waals surface area (Å²) in [6, 6.07) is 0. The minimum Gasteiger partial charge on any atom is -0.388 e. The maximum atomic E-state index is 14.5. The fraction of sp³-hybridized carbons (Fsp3) is 0.647. The van der Waals surface area contributed by atoms with E-state index in [0.29, 0.717) is 0 Å². The molecule has 0 unspecified atom stereocenters. The van der Waals surface area contributed by atoms with Gasteiger partial charge in [0.2, 0.25) is 5.82 Å². The molecule has 8 heteroatoms. The Morgan fingerprint density at radius 2 is 1.32 bits per heavy atom. The van der Waals surface area contributed by atoms with Crippen molar-refractivity contribution in [3.05, 3.63) is 34.6 Å². The first-order chi connectivity index (χ1) is 11.7. The van der Waals surface area contributed by atoms with Gasteiger partial charge in [-0.3, -0.25) is 0 Å². The maximum Gasteiger partial charge on any atom is 0.200 e. The number of aliphatic hydroxyl groups is 2. The van der Waals surface area contributed by atoms with Crippen molar-refractivity contribution in [3.63, 3.8) is 0 Å². The van der Waals surface area contributed by atoms with Crippen LogP contribution in [-0.2, 0) is 5.60 Å². The van der Waals surface area contributed by atoms with Gasteiger partial charge >= 0.3 is 0 Å². The molecule has 7 rings (SSSR count). The summed E-state index contributed by atoms with van der Waals surface area (Å²) in [5, 5.41) is 22.7. The summed E-state index contributed by atoms with van der Waals surface area (Å²) in [4.78, 5) is -0.324. The molecule has 25 heavy (non-hydrogen) atoms. The molecule has 0 saturated heterocycles. The summed E-state index contributed by atoms with van der Waals surface area (Å²) in [6.45, 7) is 0. The number of halogens is 6. The van der Waals surface area contributed by atoms with Crippen molar-refractivity contribution in [2.24, 2.45) is 41.4 Å². The van der Waals surface area contributed by atoms with Crippen LogP contribution in [0.4, 0.5) is 22.0 Å². The molecule has 2 N–H and O–H groups in total. The molecule has 6 aliphatic rings. The van der Waals surface area contributed by atoms with Crippen molar-refractivity contribution in [1.29, 1.82) is 0 Å². The normalized spacial score (nSPS) is 56.2. The van der Waals surface area contributed by atoms with Crippen molar-refractivity contribution in [2.75, 3.05) is 0 Å². The summed E-state index contributed by atoms with van der Waals surface area (Å²) in [7, 11) is 0. The zero-order valence-corrected chi connectivity index (χ0v) is 14.1. The van der Waals surface area contributed by atoms with E-state index in [4.69, 9.17) is 0 Å². The Bertz CT molecular complexity index is 848. The fourth-order valence-corrected chi connectivity index (χ4v) is 9.26. The molecule has 6 saturated carbocycles. The number of alkyl halides is 1. The van der Waals surface area contributed by atoms with Gasteiger partial charge in [-0.1, -0.05) is 15.9 Å². The molecule has 6 aliphatic carbocycles. The molecular formula is C17H12BrF5O2. The first-order valence-electron chi connectivity index (χ1n) is 8.29. The summed E-state index contributed by atoms with van der Waals surface area (Å²) < 4.78 is 69.9. The molecule has 0 amide bonds. The number of rotatable bonds is 1. The molecule has 6 bridgehead atoms. The van der Waals surface area contributed by atoms with E-state index in [0.717, 1.165) is 6.42 Å². The van der Waals surface area contributed by atoms with Crippen LogP contribution in [0.15, 0.2) is 0 Å². The Labute approximate surface area is 147 Å². The second kappa shape index (κ2) is 3.92. The van der Waals surface area contributed by atoms with Crippen LogP contribution in [0.25, 0.3) is 0 Å². The summed E-state index contributed by atoms with van der Waals surface area (Å²) in [6.07, 6.45) is 0.725. The predicted molar refractivity (Wildman–Crippen MR) is 76.8 cm³/mol. The van der Waals surface area contributed by atoms with Crippen LogP contribution < -0.4 is 0 Å². The molecule has 0 aliphatic heterocycles. The first-order valence-corrected chi connectivity index (χ1v) is 9.20. The van der Waals surface area contributed by atoms with E-state index in [-0.39, 0.29) is 34.4 Å². The molecule has 134 valence electrons. The van der Waals surface area contributed by atoms with Crippen LogP contribution in [0, 0.1) is 70.5 Å². The van der Waals surface area contributed by atoms with Crippen molar-refractivity contribution in [2.45, 2.75) is 22.5 Å². The van der Waals surface area contributed by atoms with Gasteiger partial charge in [0.15, 0.2) is 23.3 Å². The van der Waals surface area contributed by atoms with Gasteiger partial charge in [0, 0.05) is 16.7 Å². The average molecular weight is 423 g/mol. The van der Waals surface area contributed by atoms with Crippen molar-refractivity contribution in [3.8, 4) is 0 Å². The average Bonchev–Trinajstić information content (AvgIpc) is 3.28. The Kier molecular flexibility index (Phi) is 2.40. The monoisotopic (exact) mass is 422 g/mol. The highest BCUT2D eigenvalue weighted by atomic mass is 79.9. The lowest BCUT2D eigenvalue weighted by molar-refractivity contribution is -0.0802. The minimum absolute atomic E-state index is 0.0483. The first kappa shape index (κ1) is 15.3. The van der Waals surface area contributed by atoms with Gasteiger partial charge in [0.1, 0.15) is 5.60 Å². The highest BCUT2D eigenvalue weighted by Crippen LogP contribution is 2.89. The van der Waals surface area contributed by atoms with Gasteiger partial charge in [-0.15, -0.1) is 0 Å². The smallest absolute Gasteiger partial charge is 0.200 e. The highest BCUT2D eigenvalue weighted by molar-refractivity contribution is 9.09. The molecule has 6 fully saturated rings. The summed E-state index contributed by atoms with van der Waals surface area (Å²) in [5.41, 5.74) is -4.76. The van der Waals surface area contributed by atoms with E-state index in [9.17, 15) is 32.2 Å². The molecule has 2 nitrogen and oxygen atoms in total. The standard InChI is InChI=1S/C17H12BrF5O2/c18-15-5-3-1-2-4(5)14-16(24,6(2)7(3)17(14,15)25)8-9(19)11(21)13(23)12(22)10(8)20/h2-7,14-15,24-25H,1H2/t2-,3-,4-,5+,6-,7-,14-,15-,16+,17+/m1/s1. The third-order valence-electron chi connectivity index (χ3n) is 8.08. The van der Waals surface area contributed by atoms with Crippen LogP contribution in [0.1, 0.15) is 12.0 Å². The second-order valence-corrected chi connectivity index (χ2v) is 9.29. The number of benzene rings is 1. The molecular weight excluding hydrogens is 411 g/mol. The molecule has 0 spiro atoms. The Balaban J connectivity index is 1.66. The van der Waals surface area contributed by atoms with Crippen LogP contribution >= 0.6 is 15.9 Å². The zero-order valence-electron chi connectivity index (χ0n) is 12.5. The molecule has 1 aromatic rings. The van der Waals surface area contributed by atoms with Gasteiger partial charge < -0.3 is 10.2 Å². The van der Waals surface area contributed by atoms with Crippen molar-refractivity contribution in [1.82, 2.24) is 0 Å². The van der Waals surface area contributed by atoms with E-state index >= 15 is 0 Å². The van der Waals surface area contributed by atoms with E-state index in [1.165, 1.54) is 0 Å². The van der Waals surface area contributed by atoms with Crippen LogP contribution in [0.2, 0.25) is 0 Å². The summed E-state index contributed by atoms with van der Waals surface area (Å²) >= 11 is 3.49. The minimum atomic E-state index is -2.23. The van der Waals surface area contributed by atoms with Gasteiger partial charge in [0.25, 0.3) is 0 Å². The van der Waals surface area contributed by atoms with Gasteiger partial charge in [-0.2, -0.15) is 0 Å². The molecule has 1 aromatic carbocycles. The number of hydrogen-bond acceptors (Lipinski definition) is 2. The number of hydrogen-bond donors (Lipinski definition) is 2. The SMILES string of the molecule is O[C@]1(c2c(F)c(F)c(F)c(F)c2F)[C@@H]2[C@@H]3C[C@@H]4[C@H]5[C@@H]3[C@H]1[C@@](O)([C@H]42)[C@@H]5Br. The zero-order chi connectivity index (χ0) is 17.8.